The van der Waals surface area contributed by atoms with Gasteiger partial charge in [0.2, 0.25) is 0 Å². The number of nitrogen functional groups attached to an aromatic ring is 1. The number of rotatable bonds is 7. The highest BCUT2D eigenvalue weighted by molar-refractivity contribution is 7.98. The Morgan fingerprint density at radius 2 is 2.26 bits per heavy atom. The largest absolute Gasteiger partial charge is 0.389 e. The average molecular weight is 283 g/mol. The Hall–Kier alpha value is -1.24. The van der Waals surface area contributed by atoms with E-state index in [4.69, 9.17) is 15.9 Å². The van der Waals surface area contributed by atoms with Gasteiger partial charge in [0.05, 0.1) is 18.3 Å². The van der Waals surface area contributed by atoms with E-state index in [9.17, 15) is 5.11 Å². The van der Waals surface area contributed by atoms with Gasteiger partial charge in [-0.3, -0.25) is 5.41 Å². The monoisotopic (exact) mass is 283 g/mol. The SMILES string of the molecule is COCC(O)CN(C)c1cccc(SC)c1C(=N)N. The maximum atomic E-state index is 9.78. The van der Waals surface area contributed by atoms with Crippen LogP contribution in [-0.4, -0.2) is 50.6 Å². The van der Waals surface area contributed by atoms with E-state index in [1.807, 2.05) is 36.4 Å². The molecule has 0 spiro atoms. The molecule has 1 atom stereocenters. The summed E-state index contributed by atoms with van der Waals surface area (Å²) >= 11 is 1.55. The molecule has 0 heterocycles. The lowest BCUT2D eigenvalue weighted by molar-refractivity contribution is 0.0695. The van der Waals surface area contributed by atoms with Gasteiger partial charge in [0.1, 0.15) is 5.84 Å². The summed E-state index contributed by atoms with van der Waals surface area (Å²) < 4.78 is 4.92. The molecule has 0 saturated heterocycles. The number of hydrogen-bond acceptors (Lipinski definition) is 5. The number of nitrogens with one attached hydrogen (secondary N) is 1. The number of amidine groups is 1. The first-order valence-corrected chi connectivity index (χ1v) is 7.13. The van der Waals surface area contributed by atoms with Crippen molar-refractivity contribution in [1.29, 1.82) is 5.41 Å². The zero-order chi connectivity index (χ0) is 14.4. The molecule has 0 aliphatic heterocycles. The van der Waals surface area contributed by atoms with Gasteiger partial charge < -0.3 is 20.5 Å². The van der Waals surface area contributed by atoms with Gasteiger partial charge in [0, 0.05) is 31.3 Å². The Bertz CT molecular complexity index is 440. The Balaban J connectivity index is 3.02. The van der Waals surface area contributed by atoms with Gasteiger partial charge in [0.15, 0.2) is 0 Å². The molecule has 0 aliphatic rings. The molecule has 0 amide bonds. The summed E-state index contributed by atoms with van der Waals surface area (Å²) in [7, 11) is 3.42. The smallest absolute Gasteiger partial charge is 0.126 e. The minimum absolute atomic E-state index is 0.0352. The zero-order valence-corrected chi connectivity index (χ0v) is 12.3. The lowest BCUT2D eigenvalue weighted by Crippen LogP contribution is -2.33. The third-order valence-electron chi connectivity index (χ3n) is 2.75. The topological polar surface area (TPSA) is 82.6 Å². The molecule has 4 N–H and O–H groups in total. The Kier molecular flexibility index (Phi) is 6.14. The highest BCUT2D eigenvalue weighted by Crippen LogP contribution is 2.28. The highest BCUT2D eigenvalue weighted by Gasteiger charge is 2.16. The first kappa shape index (κ1) is 15.8. The van der Waals surface area contributed by atoms with Crippen molar-refractivity contribution in [2.24, 2.45) is 5.73 Å². The summed E-state index contributed by atoms with van der Waals surface area (Å²) in [6.07, 6.45) is 1.37. The number of hydrogen-bond donors (Lipinski definition) is 3. The second-order valence-corrected chi connectivity index (χ2v) is 5.11. The van der Waals surface area contributed by atoms with Gasteiger partial charge in [-0.2, -0.15) is 0 Å². The summed E-state index contributed by atoms with van der Waals surface area (Å²) in [6.45, 7) is 0.702. The van der Waals surface area contributed by atoms with Crippen LogP contribution >= 0.6 is 11.8 Å². The molecular formula is C13H21N3O2S. The van der Waals surface area contributed by atoms with Gasteiger partial charge in [0.25, 0.3) is 0 Å². The zero-order valence-electron chi connectivity index (χ0n) is 11.5. The van der Waals surface area contributed by atoms with Gasteiger partial charge in [-0.15, -0.1) is 11.8 Å². The maximum Gasteiger partial charge on any atom is 0.126 e. The quantitative estimate of drug-likeness (QED) is 0.397. The summed E-state index contributed by atoms with van der Waals surface area (Å²) in [5, 5.41) is 17.5. The van der Waals surface area contributed by atoms with Gasteiger partial charge in [-0.1, -0.05) is 6.07 Å². The number of anilines is 1. The number of benzene rings is 1. The van der Waals surface area contributed by atoms with Crippen molar-refractivity contribution >= 4 is 23.3 Å². The summed E-state index contributed by atoms with van der Waals surface area (Å²) in [5.74, 6) is 0.0352. The van der Waals surface area contributed by atoms with E-state index in [0.29, 0.717) is 12.1 Å². The predicted octanol–water partition coefficient (Wildman–Crippen LogP) is 1.14. The third-order valence-corrected chi connectivity index (χ3v) is 3.53. The predicted molar refractivity (Wildman–Crippen MR) is 80.4 cm³/mol. The number of aliphatic hydroxyl groups excluding tert-OH is 1. The van der Waals surface area contributed by atoms with Crippen molar-refractivity contribution in [3.63, 3.8) is 0 Å². The van der Waals surface area contributed by atoms with Crippen LogP contribution in [0.2, 0.25) is 0 Å². The molecule has 0 saturated carbocycles. The number of ether oxygens (including phenoxy) is 1. The van der Waals surface area contributed by atoms with E-state index < -0.39 is 6.10 Å². The number of aliphatic hydroxyl groups is 1. The lowest BCUT2D eigenvalue weighted by atomic mass is 10.1. The fraction of sp³-hybridized carbons (Fsp3) is 0.462. The van der Waals surface area contributed by atoms with Crippen LogP contribution in [0.4, 0.5) is 5.69 Å². The summed E-state index contributed by atoms with van der Waals surface area (Å²) in [5.41, 5.74) is 7.23. The fourth-order valence-electron chi connectivity index (χ4n) is 1.94. The molecule has 1 aromatic rings. The lowest BCUT2D eigenvalue weighted by Gasteiger charge is -2.25. The molecule has 19 heavy (non-hydrogen) atoms. The van der Waals surface area contributed by atoms with E-state index >= 15 is 0 Å². The van der Waals surface area contributed by atoms with Crippen molar-refractivity contribution in [2.45, 2.75) is 11.0 Å². The Labute approximate surface area is 118 Å². The van der Waals surface area contributed by atoms with Crippen molar-refractivity contribution in [1.82, 2.24) is 0 Å². The van der Waals surface area contributed by atoms with Gasteiger partial charge in [-0.05, 0) is 18.4 Å². The van der Waals surface area contributed by atoms with E-state index in [-0.39, 0.29) is 12.4 Å². The van der Waals surface area contributed by atoms with E-state index in [1.54, 1.807) is 18.9 Å². The fourth-order valence-corrected chi connectivity index (χ4v) is 2.57. The molecule has 1 unspecified atom stereocenters. The number of nitrogens with two attached hydrogens (primary N) is 1. The van der Waals surface area contributed by atoms with Gasteiger partial charge in [-0.25, -0.2) is 0 Å². The van der Waals surface area contributed by atoms with Crippen molar-refractivity contribution < 1.29 is 9.84 Å². The Morgan fingerprint density at radius 3 is 2.79 bits per heavy atom. The van der Waals surface area contributed by atoms with E-state index in [0.717, 1.165) is 10.6 Å². The van der Waals surface area contributed by atoms with Crippen LogP contribution in [-0.2, 0) is 4.74 Å². The normalized spacial score (nSPS) is 12.2. The van der Waals surface area contributed by atoms with Crippen molar-refractivity contribution in [2.75, 3.05) is 38.5 Å². The Morgan fingerprint density at radius 1 is 1.58 bits per heavy atom. The number of thioether (sulfide) groups is 1. The van der Waals surface area contributed by atoms with Crippen LogP contribution in [0.1, 0.15) is 5.56 Å². The molecular weight excluding hydrogens is 262 g/mol. The standard InChI is InChI=1S/C13H21N3O2S/c1-16(7-9(17)8-18-2)10-5-4-6-11(19-3)12(10)13(14)15/h4-6,9,17H,7-8H2,1-3H3,(H3,14,15). The minimum Gasteiger partial charge on any atom is -0.389 e. The van der Waals surface area contributed by atoms with E-state index in [1.165, 1.54) is 0 Å². The van der Waals surface area contributed by atoms with Crippen molar-refractivity contribution in [3.8, 4) is 0 Å². The first-order valence-electron chi connectivity index (χ1n) is 5.90. The second-order valence-electron chi connectivity index (χ2n) is 4.26. The molecule has 0 aliphatic carbocycles. The number of methoxy groups -OCH3 is 1. The van der Waals surface area contributed by atoms with E-state index in [2.05, 4.69) is 0 Å². The summed E-state index contributed by atoms with van der Waals surface area (Å²) in [6, 6.07) is 5.76. The molecule has 5 nitrogen and oxygen atoms in total. The molecule has 0 bridgehead atoms. The van der Waals surface area contributed by atoms with Crippen LogP contribution in [0, 0.1) is 5.41 Å². The average Bonchev–Trinajstić information content (AvgIpc) is 2.37. The molecule has 1 rings (SSSR count). The molecule has 6 heteroatoms. The van der Waals surface area contributed by atoms with Crippen LogP contribution in [0.25, 0.3) is 0 Å². The number of likely N-dealkylation sites (N-methyl/N-ethyl adjacent to an activating group) is 1. The maximum absolute atomic E-state index is 9.78. The molecule has 0 fully saturated rings. The van der Waals surface area contributed by atoms with Crippen molar-refractivity contribution in [3.05, 3.63) is 23.8 Å². The first-order chi connectivity index (χ1) is 9.01. The van der Waals surface area contributed by atoms with Crippen LogP contribution < -0.4 is 10.6 Å². The number of nitrogens with zero attached hydrogens (tertiary/aromatic N) is 1. The van der Waals surface area contributed by atoms with Crippen LogP contribution in [0.5, 0.6) is 0 Å². The molecule has 106 valence electrons. The van der Waals surface area contributed by atoms with Crippen LogP contribution in [0.3, 0.4) is 0 Å². The highest BCUT2D eigenvalue weighted by atomic mass is 32.2. The van der Waals surface area contributed by atoms with Gasteiger partial charge >= 0.3 is 0 Å². The minimum atomic E-state index is -0.576. The summed E-state index contributed by atoms with van der Waals surface area (Å²) in [4.78, 5) is 2.85. The molecule has 0 radical (unpaired) electrons. The second kappa shape index (κ2) is 7.37. The molecule has 1 aromatic carbocycles. The molecule has 0 aromatic heterocycles. The third kappa shape index (κ3) is 4.12. The van der Waals surface area contributed by atoms with Crippen LogP contribution in [0.15, 0.2) is 23.1 Å².